The van der Waals surface area contributed by atoms with Gasteiger partial charge in [-0.25, -0.2) is 0 Å². The molecule has 0 radical (unpaired) electrons. The molecule has 0 fully saturated rings. The number of carbonyl (C=O) groups is 1. The summed E-state index contributed by atoms with van der Waals surface area (Å²) < 4.78 is 0. The Morgan fingerprint density at radius 1 is 1.03 bits per heavy atom. The van der Waals surface area contributed by atoms with Gasteiger partial charge in [0, 0.05) is 31.8 Å². The highest BCUT2D eigenvalue weighted by molar-refractivity contribution is 5.77. The number of aryl methyl sites for hydroxylation is 1. The van der Waals surface area contributed by atoms with Crippen LogP contribution in [0, 0.1) is 0 Å². The molecule has 5 rings (SSSR count). The third kappa shape index (κ3) is 3.98. The van der Waals surface area contributed by atoms with Crippen molar-refractivity contribution in [2.24, 2.45) is 5.73 Å². The van der Waals surface area contributed by atoms with E-state index in [0.717, 1.165) is 50.9 Å². The minimum Gasteiger partial charge on any atom is -0.370 e. The van der Waals surface area contributed by atoms with Crippen molar-refractivity contribution in [1.29, 1.82) is 0 Å². The van der Waals surface area contributed by atoms with Crippen LogP contribution < -0.4 is 5.73 Å². The smallest absolute Gasteiger partial charge is 0.217 e. The van der Waals surface area contributed by atoms with Gasteiger partial charge >= 0.3 is 0 Å². The standard InChI is InChI=1S/C26H28N4O/c27-25(31)11-5-15-30(24-10-3-7-18-8-4-13-29-26(18)24)17-23-22-16-19-6-1-2-9-20(19)21(22)12-14-28-23/h1-2,4,6,8-9,12-14,24H,3,5,7,10-11,15-17H2,(H2,27,31)/t24-/m0/s1. The second kappa shape index (κ2) is 8.60. The first-order valence-corrected chi connectivity index (χ1v) is 11.2. The van der Waals surface area contributed by atoms with Gasteiger partial charge in [0.25, 0.3) is 0 Å². The number of pyridine rings is 2. The largest absolute Gasteiger partial charge is 0.370 e. The number of primary amides is 1. The van der Waals surface area contributed by atoms with Gasteiger partial charge in [-0.15, -0.1) is 0 Å². The van der Waals surface area contributed by atoms with E-state index in [-0.39, 0.29) is 11.9 Å². The molecule has 2 N–H and O–H groups in total. The molecule has 1 atom stereocenters. The normalized spacial score (nSPS) is 16.6. The predicted octanol–water partition coefficient (Wildman–Crippen LogP) is 4.19. The molecule has 2 aliphatic carbocycles. The molecule has 2 heterocycles. The van der Waals surface area contributed by atoms with E-state index in [1.54, 1.807) is 0 Å². The fraction of sp³-hybridized carbons (Fsp3) is 0.346. The van der Waals surface area contributed by atoms with Gasteiger partial charge in [-0.1, -0.05) is 30.3 Å². The summed E-state index contributed by atoms with van der Waals surface area (Å²) in [6.45, 7) is 1.57. The van der Waals surface area contributed by atoms with Crippen molar-refractivity contribution in [3.05, 3.63) is 82.9 Å². The van der Waals surface area contributed by atoms with Crippen molar-refractivity contribution >= 4 is 5.91 Å². The van der Waals surface area contributed by atoms with Crippen LogP contribution in [0.3, 0.4) is 0 Å². The van der Waals surface area contributed by atoms with E-state index in [1.165, 1.54) is 33.5 Å². The molecule has 1 aromatic carbocycles. The van der Waals surface area contributed by atoms with Crippen LogP contribution in [-0.4, -0.2) is 27.3 Å². The zero-order valence-electron chi connectivity index (χ0n) is 17.8. The highest BCUT2D eigenvalue weighted by atomic mass is 16.1. The Morgan fingerprint density at radius 2 is 1.90 bits per heavy atom. The summed E-state index contributed by atoms with van der Waals surface area (Å²) in [7, 11) is 0. The van der Waals surface area contributed by atoms with E-state index in [2.05, 4.69) is 41.3 Å². The Bertz CT molecular complexity index is 1110. The third-order valence-electron chi connectivity index (χ3n) is 6.65. The quantitative estimate of drug-likeness (QED) is 0.494. The molecule has 158 valence electrons. The van der Waals surface area contributed by atoms with E-state index in [1.807, 2.05) is 18.5 Å². The number of nitrogens with zero attached hydrogens (tertiary/aromatic N) is 3. The average Bonchev–Trinajstić information content (AvgIpc) is 3.18. The van der Waals surface area contributed by atoms with E-state index in [0.29, 0.717) is 6.42 Å². The first-order chi connectivity index (χ1) is 15.2. The molecule has 0 bridgehead atoms. The monoisotopic (exact) mass is 412 g/mol. The van der Waals surface area contributed by atoms with Crippen LogP contribution >= 0.6 is 0 Å². The lowest BCUT2D eigenvalue weighted by atomic mass is 9.90. The van der Waals surface area contributed by atoms with Crippen molar-refractivity contribution in [3.8, 4) is 11.1 Å². The molecule has 1 amide bonds. The maximum absolute atomic E-state index is 11.4. The van der Waals surface area contributed by atoms with E-state index < -0.39 is 0 Å². The topological polar surface area (TPSA) is 72.1 Å². The SMILES string of the molecule is NC(=O)CCCN(Cc1nccc2c1Cc1ccccc1-2)[C@H]1CCCc2cccnc21. The fourth-order valence-electron chi connectivity index (χ4n) is 5.18. The molecule has 0 unspecified atom stereocenters. The van der Waals surface area contributed by atoms with Gasteiger partial charge in [0.1, 0.15) is 0 Å². The highest BCUT2D eigenvalue weighted by Crippen LogP contribution is 2.39. The first kappa shape index (κ1) is 19.9. The molecule has 0 saturated carbocycles. The van der Waals surface area contributed by atoms with Crippen LogP contribution in [0.1, 0.15) is 59.8 Å². The van der Waals surface area contributed by atoms with Crippen molar-refractivity contribution < 1.29 is 4.79 Å². The molecule has 0 aliphatic heterocycles. The molecule has 0 saturated heterocycles. The van der Waals surface area contributed by atoms with Gasteiger partial charge in [-0.05, 0) is 72.2 Å². The molecule has 31 heavy (non-hydrogen) atoms. The Balaban J connectivity index is 1.46. The summed E-state index contributed by atoms with van der Waals surface area (Å²) in [6, 6.07) is 15.3. The lowest BCUT2D eigenvalue weighted by Crippen LogP contribution is -2.33. The molecule has 0 spiro atoms. The summed E-state index contributed by atoms with van der Waals surface area (Å²) in [6.07, 6.45) is 9.25. The summed E-state index contributed by atoms with van der Waals surface area (Å²) >= 11 is 0. The minimum absolute atomic E-state index is 0.240. The summed E-state index contributed by atoms with van der Waals surface area (Å²) in [4.78, 5) is 23.4. The number of fused-ring (bicyclic) bond motifs is 4. The number of amides is 1. The van der Waals surface area contributed by atoms with Crippen molar-refractivity contribution in [2.45, 2.75) is 51.1 Å². The zero-order chi connectivity index (χ0) is 21.2. The predicted molar refractivity (Wildman–Crippen MR) is 121 cm³/mol. The van der Waals surface area contributed by atoms with E-state index >= 15 is 0 Å². The molecule has 5 heteroatoms. The van der Waals surface area contributed by atoms with Crippen molar-refractivity contribution in [2.75, 3.05) is 6.54 Å². The second-order valence-electron chi connectivity index (χ2n) is 8.61. The maximum atomic E-state index is 11.4. The van der Waals surface area contributed by atoms with Gasteiger partial charge in [0.2, 0.25) is 5.91 Å². The van der Waals surface area contributed by atoms with Gasteiger partial charge in [0.05, 0.1) is 17.4 Å². The Labute approximate surface area is 183 Å². The molecular weight excluding hydrogens is 384 g/mol. The summed E-state index contributed by atoms with van der Waals surface area (Å²) in [5.74, 6) is -0.240. The number of nitrogens with two attached hydrogens (primary N) is 1. The number of aromatic nitrogens is 2. The lowest BCUT2D eigenvalue weighted by molar-refractivity contribution is -0.118. The molecule has 2 aromatic heterocycles. The molecule has 5 nitrogen and oxygen atoms in total. The molecular formula is C26H28N4O. The lowest BCUT2D eigenvalue weighted by Gasteiger charge is -2.35. The van der Waals surface area contributed by atoms with Crippen LogP contribution in [0.25, 0.3) is 11.1 Å². The van der Waals surface area contributed by atoms with Crippen LogP contribution in [0.4, 0.5) is 0 Å². The Kier molecular flexibility index (Phi) is 5.51. The number of carbonyl (C=O) groups excluding carboxylic acids is 1. The fourth-order valence-corrected chi connectivity index (χ4v) is 5.18. The number of rotatable bonds is 7. The van der Waals surface area contributed by atoms with Crippen LogP contribution in [0.15, 0.2) is 54.9 Å². The average molecular weight is 413 g/mol. The van der Waals surface area contributed by atoms with Gasteiger partial charge in [0.15, 0.2) is 0 Å². The van der Waals surface area contributed by atoms with E-state index in [9.17, 15) is 4.79 Å². The van der Waals surface area contributed by atoms with Crippen molar-refractivity contribution in [3.63, 3.8) is 0 Å². The Hall–Kier alpha value is -3.05. The first-order valence-electron chi connectivity index (χ1n) is 11.2. The van der Waals surface area contributed by atoms with Gasteiger partial charge in [-0.3, -0.25) is 19.7 Å². The zero-order valence-corrected chi connectivity index (χ0v) is 17.8. The number of hydrogen-bond donors (Lipinski definition) is 1. The minimum atomic E-state index is -0.240. The van der Waals surface area contributed by atoms with Crippen LogP contribution in [-0.2, 0) is 24.2 Å². The highest BCUT2D eigenvalue weighted by Gasteiger charge is 2.29. The summed E-state index contributed by atoms with van der Waals surface area (Å²) in [5, 5.41) is 0. The molecule has 2 aliphatic rings. The van der Waals surface area contributed by atoms with Crippen LogP contribution in [0.5, 0.6) is 0 Å². The number of hydrogen-bond acceptors (Lipinski definition) is 4. The van der Waals surface area contributed by atoms with Crippen LogP contribution in [0.2, 0.25) is 0 Å². The van der Waals surface area contributed by atoms with Gasteiger partial charge < -0.3 is 5.73 Å². The number of benzene rings is 1. The molecule has 3 aromatic rings. The maximum Gasteiger partial charge on any atom is 0.217 e. The summed E-state index contributed by atoms with van der Waals surface area (Å²) in [5.41, 5.74) is 14.4. The van der Waals surface area contributed by atoms with Crippen molar-refractivity contribution in [1.82, 2.24) is 14.9 Å². The van der Waals surface area contributed by atoms with Gasteiger partial charge in [-0.2, -0.15) is 0 Å². The van der Waals surface area contributed by atoms with E-state index in [4.69, 9.17) is 15.7 Å². The third-order valence-corrected chi connectivity index (χ3v) is 6.65. The Morgan fingerprint density at radius 3 is 2.81 bits per heavy atom. The second-order valence-corrected chi connectivity index (χ2v) is 8.61.